The molecule has 1 heterocycles. The van der Waals surface area contributed by atoms with Crippen LogP contribution in [0, 0.1) is 5.92 Å². The highest BCUT2D eigenvalue weighted by atomic mass is 32.2. The van der Waals surface area contributed by atoms with Crippen LogP contribution >= 0.6 is 0 Å². The lowest BCUT2D eigenvalue weighted by atomic mass is 10.2. The van der Waals surface area contributed by atoms with Gasteiger partial charge in [-0.15, -0.1) is 0 Å². The molecule has 2 N–H and O–H groups in total. The van der Waals surface area contributed by atoms with Gasteiger partial charge in [-0.1, -0.05) is 6.92 Å². The van der Waals surface area contributed by atoms with Crippen LogP contribution in [0.2, 0.25) is 0 Å². The second kappa shape index (κ2) is 7.36. The molecule has 2 unspecified atom stereocenters. The highest BCUT2D eigenvalue weighted by molar-refractivity contribution is 7.84. The lowest BCUT2D eigenvalue weighted by molar-refractivity contribution is 0.340. The predicted molar refractivity (Wildman–Crippen MR) is 66.4 cm³/mol. The number of nitrogens with zero attached hydrogens (tertiary/aromatic N) is 1. The third-order valence-corrected chi connectivity index (χ3v) is 4.60. The summed E-state index contributed by atoms with van der Waals surface area (Å²) in [5, 5.41) is 0. The van der Waals surface area contributed by atoms with Crippen LogP contribution in [0.5, 0.6) is 0 Å². The Morgan fingerprint density at radius 3 is 2.67 bits per heavy atom. The van der Waals surface area contributed by atoms with Crippen molar-refractivity contribution < 1.29 is 4.21 Å². The van der Waals surface area contributed by atoms with E-state index in [4.69, 9.17) is 5.73 Å². The fourth-order valence-corrected chi connectivity index (χ4v) is 3.31. The van der Waals surface area contributed by atoms with Gasteiger partial charge < -0.3 is 10.6 Å². The number of likely N-dealkylation sites (tertiary alicyclic amines) is 1. The van der Waals surface area contributed by atoms with Gasteiger partial charge >= 0.3 is 0 Å². The van der Waals surface area contributed by atoms with Crippen LogP contribution in [0.3, 0.4) is 0 Å². The lowest BCUT2D eigenvalue weighted by Crippen LogP contribution is -2.23. The van der Waals surface area contributed by atoms with Crippen molar-refractivity contribution >= 4 is 10.8 Å². The standard InChI is InChI=1S/C11H24N2OS/c1-11(9-12)10-15(14)8-4-7-13-5-2-3-6-13/h11H,2-10,12H2,1H3. The minimum absolute atomic E-state index is 0.401. The average Bonchev–Trinajstić information content (AvgIpc) is 2.70. The zero-order valence-electron chi connectivity index (χ0n) is 9.78. The van der Waals surface area contributed by atoms with Crippen molar-refractivity contribution in [1.29, 1.82) is 0 Å². The van der Waals surface area contributed by atoms with E-state index in [9.17, 15) is 4.21 Å². The van der Waals surface area contributed by atoms with Crippen LogP contribution in [-0.4, -0.2) is 46.8 Å². The van der Waals surface area contributed by atoms with Crippen LogP contribution in [0.1, 0.15) is 26.2 Å². The molecule has 4 heteroatoms. The monoisotopic (exact) mass is 232 g/mol. The molecule has 0 saturated carbocycles. The molecule has 1 saturated heterocycles. The first-order valence-corrected chi connectivity index (χ1v) is 7.48. The molecule has 0 aromatic heterocycles. The fourth-order valence-electron chi connectivity index (χ4n) is 1.92. The van der Waals surface area contributed by atoms with E-state index in [1.807, 2.05) is 0 Å². The van der Waals surface area contributed by atoms with E-state index >= 15 is 0 Å². The Labute approximate surface area is 95.9 Å². The predicted octanol–water partition coefficient (Wildman–Crippen LogP) is 0.816. The second-order valence-corrected chi connectivity index (χ2v) is 6.18. The lowest BCUT2D eigenvalue weighted by Gasteiger charge is -2.14. The quantitative estimate of drug-likeness (QED) is 0.707. The summed E-state index contributed by atoms with van der Waals surface area (Å²) in [6.07, 6.45) is 3.75. The van der Waals surface area contributed by atoms with E-state index in [1.165, 1.54) is 25.9 Å². The molecule has 0 aromatic rings. The molecule has 1 fully saturated rings. The van der Waals surface area contributed by atoms with Crippen molar-refractivity contribution in [2.75, 3.05) is 37.7 Å². The average molecular weight is 232 g/mol. The Bertz CT molecular complexity index is 193. The molecule has 0 spiro atoms. The summed E-state index contributed by atoms with van der Waals surface area (Å²) >= 11 is 0. The van der Waals surface area contributed by atoms with Crippen LogP contribution < -0.4 is 5.73 Å². The molecule has 1 aliphatic rings. The van der Waals surface area contributed by atoms with E-state index in [1.54, 1.807) is 0 Å². The van der Waals surface area contributed by atoms with Crippen LogP contribution in [0.25, 0.3) is 0 Å². The maximum absolute atomic E-state index is 11.6. The molecule has 0 aromatic carbocycles. The Kier molecular flexibility index (Phi) is 6.45. The summed E-state index contributed by atoms with van der Waals surface area (Å²) in [5.74, 6) is 2.02. The van der Waals surface area contributed by atoms with Gasteiger partial charge in [0.1, 0.15) is 0 Å². The van der Waals surface area contributed by atoms with Crippen molar-refractivity contribution in [3.05, 3.63) is 0 Å². The SMILES string of the molecule is CC(CN)CS(=O)CCCN1CCCC1. The van der Waals surface area contributed by atoms with Gasteiger partial charge in [-0.25, -0.2) is 0 Å². The number of nitrogens with two attached hydrogens (primary N) is 1. The van der Waals surface area contributed by atoms with Gasteiger partial charge in [0, 0.05) is 22.3 Å². The molecular weight excluding hydrogens is 208 g/mol. The molecule has 0 bridgehead atoms. The number of hydrogen-bond acceptors (Lipinski definition) is 3. The Morgan fingerprint density at radius 1 is 1.40 bits per heavy atom. The molecule has 1 rings (SSSR count). The summed E-state index contributed by atoms with van der Waals surface area (Å²) in [6, 6.07) is 0. The fraction of sp³-hybridized carbons (Fsp3) is 1.00. The Balaban J connectivity index is 2.01. The zero-order chi connectivity index (χ0) is 11.1. The molecule has 0 radical (unpaired) electrons. The van der Waals surface area contributed by atoms with E-state index in [-0.39, 0.29) is 0 Å². The first-order valence-electron chi connectivity index (χ1n) is 5.99. The minimum atomic E-state index is -0.657. The summed E-state index contributed by atoms with van der Waals surface area (Å²) in [4.78, 5) is 2.48. The van der Waals surface area contributed by atoms with Gasteiger partial charge in [0.15, 0.2) is 0 Å². The summed E-state index contributed by atoms with van der Waals surface area (Å²) in [7, 11) is -0.657. The maximum atomic E-state index is 11.6. The van der Waals surface area contributed by atoms with Crippen LogP contribution in [0.4, 0.5) is 0 Å². The topological polar surface area (TPSA) is 46.3 Å². The van der Waals surface area contributed by atoms with Crippen molar-refractivity contribution in [2.45, 2.75) is 26.2 Å². The maximum Gasteiger partial charge on any atom is 0.0272 e. The first kappa shape index (κ1) is 13.1. The van der Waals surface area contributed by atoms with Gasteiger partial charge in [-0.05, 0) is 51.4 Å². The molecule has 2 atom stereocenters. The number of rotatable bonds is 7. The van der Waals surface area contributed by atoms with E-state index in [2.05, 4.69) is 11.8 Å². The summed E-state index contributed by atoms with van der Waals surface area (Å²) in [5.41, 5.74) is 5.51. The highest BCUT2D eigenvalue weighted by Crippen LogP contribution is 2.07. The van der Waals surface area contributed by atoms with Crippen molar-refractivity contribution in [3.63, 3.8) is 0 Å². The third-order valence-electron chi connectivity index (χ3n) is 2.92. The molecular formula is C11H24N2OS. The molecule has 0 amide bonds. The summed E-state index contributed by atoms with van der Waals surface area (Å²) < 4.78 is 11.6. The normalized spacial score (nSPS) is 21.7. The molecule has 15 heavy (non-hydrogen) atoms. The largest absolute Gasteiger partial charge is 0.330 e. The molecule has 3 nitrogen and oxygen atoms in total. The highest BCUT2D eigenvalue weighted by Gasteiger charge is 2.11. The van der Waals surface area contributed by atoms with Crippen molar-refractivity contribution in [1.82, 2.24) is 4.90 Å². The first-order chi connectivity index (χ1) is 7.22. The van der Waals surface area contributed by atoms with Gasteiger partial charge in [-0.3, -0.25) is 4.21 Å². The molecule has 90 valence electrons. The second-order valence-electron chi connectivity index (χ2n) is 4.55. The molecule has 1 aliphatic heterocycles. The van der Waals surface area contributed by atoms with E-state index in [0.29, 0.717) is 12.5 Å². The van der Waals surface area contributed by atoms with Gasteiger partial charge in [0.05, 0.1) is 0 Å². The van der Waals surface area contributed by atoms with Gasteiger partial charge in [0.25, 0.3) is 0 Å². The Hall–Kier alpha value is 0.0700. The van der Waals surface area contributed by atoms with Crippen LogP contribution in [0.15, 0.2) is 0 Å². The number of hydrogen-bond donors (Lipinski definition) is 1. The van der Waals surface area contributed by atoms with Gasteiger partial charge in [0.2, 0.25) is 0 Å². The zero-order valence-corrected chi connectivity index (χ0v) is 10.6. The molecule has 0 aliphatic carbocycles. The summed E-state index contributed by atoms with van der Waals surface area (Å²) in [6.45, 7) is 6.33. The van der Waals surface area contributed by atoms with E-state index < -0.39 is 10.8 Å². The Morgan fingerprint density at radius 2 is 2.07 bits per heavy atom. The van der Waals surface area contributed by atoms with Crippen molar-refractivity contribution in [2.24, 2.45) is 11.7 Å². The van der Waals surface area contributed by atoms with E-state index in [0.717, 1.165) is 24.5 Å². The van der Waals surface area contributed by atoms with Crippen LogP contribution in [-0.2, 0) is 10.8 Å². The minimum Gasteiger partial charge on any atom is -0.330 e. The smallest absolute Gasteiger partial charge is 0.0272 e. The van der Waals surface area contributed by atoms with Crippen molar-refractivity contribution in [3.8, 4) is 0 Å². The third kappa shape index (κ3) is 5.64. The van der Waals surface area contributed by atoms with Gasteiger partial charge in [-0.2, -0.15) is 0 Å².